The Labute approximate surface area is 297 Å². The first-order chi connectivity index (χ1) is 24.8. The molecule has 5 amide bonds. The molecule has 0 radical (unpaired) electrons. The molecule has 3 atom stereocenters. The van der Waals surface area contributed by atoms with E-state index in [1.165, 1.54) is 24.5 Å². The van der Waals surface area contributed by atoms with Gasteiger partial charge in [-0.1, -0.05) is 42.5 Å². The van der Waals surface area contributed by atoms with Gasteiger partial charge in [0.2, 0.25) is 29.5 Å². The van der Waals surface area contributed by atoms with E-state index in [9.17, 15) is 41.9 Å². The number of furan rings is 1. The largest absolute Gasteiger partial charge is 0.469 e. The fourth-order valence-corrected chi connectivity index (χ4v) is 5.78. The molecule has 1 aliphatic heterocycles. The van der Waals surface area contributed by atoms with Crippen LogP contribution in [0.15, 0.2) is 83.5 Å². The van der Waals surface area contributed by atoms with E-state index in [1.54, 1.807) is 36.4 Å². The first kappa shape index (κ1) is 39.1. The molecule has 0 unspecified atom stereocenters. The lowest BCUT2D eigenvalue weighted by atomic mass is 9.95. The molecule has 1 aromatic heterocycles. The van der Waals surface area contributed by atoms with Crippen LogP contribution in [0.3, 0.4) is 0 Å². The van der Waals surface area contributed by atoms with E-state index >= 15 is 0 Å². The number of amides is 5. The highest BCUT2D eigenvalue weighted by atomic mass is 19.4. The van der Waals surface area contributed by atoms with Gasteiger partial charge < -0.3 is 31.4 Å². The number of benzene rings is 2. The van der Waals surface area contributed by atoms with Gasteiger partial charge in [0.25, 0.3) is 0 Å². The number of ketones is 1. The highest BCUT2D eigenvalue weighted by Gasteiger charge is 2.35. The maximum atomic E-state index is 13.9. The molecule has 0 bridgehead atoms. The third-order valence-electron chi connectivity index (χ3n) is 8.46. The summed E-state index contributed by atoms with van der Waals surface area (Å²) < 4.78 is 47.1. The normalized spacial score (nSPS) is 21.1. The fraction of sp³-hybridized carbons (Fsp3) is 0.351. The van der Waals surface area contributed by atoms with E-state index in [0.29, 0.717) is 29.7 Å². The minimum atomic E-state index is -4.76. The van der Waals surface area contributed by atoms with Gasteiger partial charge in [-0.25, -0.2) is 0 Å². The van der Waals surface area contributed by atoms with Gasteiger partial charge in [-0.05, 0) is 60.6 Å². The highest BCUT2D eigenvalue weighted by molar-refractivity contribution is 5.99. The average Bonchev–Trinajstić information content (AvgIpc) is 3.61. The number of Topliss-reactive ketones (excluding diaryl/α,β-unsaturated/α-hetero) is 1. The van der Waals surface area contributed by atoms with Crippen LogP contribution in [0.2, 0.25) is 0 Å². The van der Waals surface area contributed by atoms with E-state index in [2.05, 4.69) is 21.3 Å². The predicted molar refractivity (Wildman–Crippen MR) is 182 cm³/mol. The Morgan fingerprint density at radius 2 is 1.50 bits per heavy atom. The molecule has 0 fully saturated rings. The number of hydrogen-bond acceptors (Lipinski definition) is 7. The van der Waals surface area contributed by atoms with Crippen LogP contribution < -0.4 is 27.0 Å². The number of hydrogen-bond donors (Lipinski definition) is 5. The van der Waals surface area contributed by atoms with E-state index in [0.717, 1.165) is 18.2 Å². The number of rotatable bonds is 5. The molecule has 2 heterocycles. The van der Waals surface area contributed by atoms with Crippen molar-refractivity contribution in [3.8, 4) is 0 Å². The van der Waals surface area contributed by atoms with Crippen molar-refractivity contribution in [2.24, 2.45) is 5.73 Å². The molecule has 15 heteroatoms. The zero-order chi connectivity index (χ0) is 37.7. The van der Waals surface area contributed by atoms with Gasteiger partial charge in [0.05, 0.1) is 24.3 Å². The molecule has 4 rings (SSSR count). The Balaban J connectivity index is 1.65. The van der Waals surface area contributed by atoms with Crippen LogP contribution in [-0.2, 0) is 60.6 Å². The van der Waals surface area contributed by atoms with Crippen LogP contribution >= 0.6 is 0 Å². The van der Waals surface area contributed by atoms with Gasteiger partial charge in [0.1, 0.15) is 17.8 Å². The number of carbonyl (C=O) groups is 6. The molecular formula is C37H40F3N5O7. The smallest absolute Gasteiger partial charge is 0.416 e. The minimum Gasteiger partial charge on any atom is -0.469 e. The Kier molecular flexibility index (Phi) is 13.9. The van der Waals surface area contributed by atoms with Crippen molar-refractivity contribution < 1.29 is 46.4 Å². The molecular weight excluding hydrogens is 683 g/mol. The second kappa shape index (κ2) is 18.5. The van der Waals surface area contributed by atoms with Crippen LogP contribution in [-0.4, -0.2) is 60.0 Å². The first-order valence-electron chi connectivity index (χ1n) is 16.7. The highest BCUT2D eigenvalue weighted by Crippen LogP contribution is 2.32. The van der Waals surface area contributed by atoms with Gasteiger partial charge in [0, 0.05) is 38.0 Å². The second-order valence-electron chi connectivity index (χ2n) is 12.3. The summed E-state index contributed by atoms with van der Waals surface area (Å²) >= 11 is 0. The Hall–Kier alpha value is -5.73. The van der Waals surface area contributed by atoms with Crippen LogP contribution in [0, 0.1) is 0 Å². The number of carbonyl (C=O) groups excluding carboxylic acids is 6. The maximum Gasteiger partial charge on any atom is 0.416 e. The zero-order valence-electron chi connectivity index (χ0n) is 28.2. The first-order valence-corrected chi connectivity index (χ1v) is 16.7. The molecule has 0 spiro atoms. The number of primary amides is 1. The molecule has 6 N–H and O–H groups in total. The molecule has 52 heavy (non-hydrogen) atoms. The maximum absolute atomic E-state index is 13.9. The average molecular weight is 724 g/mol. The summed E-state index contributed by atoms with van der Waals surface area (Å²) in [7, 11) is 0. The fourth-order valence-electron chi connectivity index (χ4n) is 5.78. The van der Waals surface area contributed by atoms with Crippen molar-refractivity contribution in [1.82, 2.24) is 21.3 Å². The number of halogens is 3. The third kappa shape index (κ3) is 12.0. The summed E-state index contributed by atoms with van der Waals surface area (Å²) in [6, 6.07) is 10.9. The SMILES string of the molecule is NC(=O)[C@@H]1CCCCNC(=O)/C=C/C(=O)N[C@H](Cc2ccccc2C(F)(F)F)C(=O)N[C@@H](Cc2ccco2)C(=O)CCc2ccccc2CC(=O)N1. The molecule has 2 aromatic carbocycles. The number of nitrogens with one attached hydrogen (secondary N) is 4. The van der Waals surface area contributed by atoms with E-state index in [4.69, 9.17) is 10.2 Å². The number of alkyl halides is 3. The van der Waals surface area contributed by atoms with Gasteiger partial charge in [-0.2, -0.15) is 13.2 Å². The number of aryl methyl sites for hydroxylation is 1. The molecule has 0 saturated carbocycles. The van der Waals surface area contributed by atoms with E-state index in [1.807, 2.05) is 0 Å². The van der Waals surface area contributed by atoms with Crippen molar-refractivity contribution in [3.63, 3.8) is 0 Å². The Morgan fingerprint density at radius 1 is 0.788 bits per heavy atom. The van der Waals surface area contributed by atoms with E-state index in [-0.39, 0.29) is 44.2 Å². The standard InChI is InChI=1S/C37H40F3N5O7/c38-37(39,40)27-12-4-3-10-25(27)20-30-36(51)45-29(22-26-11-7-19-52-26)31(46)15-14-23-8-1-2-9-24(23)21-34(49)43-28(35(41)50)13-5-6-18-42-32(47)16-17-33(48)44-30/h1-4,7-12,16-17,19,28-30H,5-6,13-15,18,20-22H2,(H2,41,50)(H,42,47)(H,43,49)(H,44,48)(H,45,51)/b17-16+/t28-,29-,30+/m0/s1. The van der Waals surface area contributed by atoms with Crippen molar-refractivity contribution in [3.05, 3.63) is 107 Å². The van der Waals surface area contributed by atoms with Crippen molar-refractivity contribution >= 4 is 35.3 Å². The molecule has 276 valence electrons. The van der Waals surface area contributed by atoms with Crippen molar-refractivity contribution in [1.29, 1.82) is 0 Å². The summed E-state index contributed by atoms with van der Waals surface area (Å²) in [5.74, 6) is -3.84. The zero-order valence-corrected chi connectivity index (χ0v) is 28.2. The van der Waals surface area contributed by atoms with Crippen LogP contribution in [0.4, 0.5) is 13.2 Å². The minimum absolute atomic E-state index is 0.101. The predicted octanol–water partition coefficient (Wildman–Crippen LogP) is 2.62. The molecule has 0 saturated heterocycles. The van der Waals surface area contributed by atoms with Crippen molar-refractivity contribution in [2.75, 3.05) is 6.54 Å². The number of fused-ring (bicyclic) bond motifs is 1. The lowest BCUT2D eigenvalue weighted by Crippen LogP contribution is -2.53. The summed E-state index contributed by atoms with van der Waals surface area (Å²) in [4.78, 5) is 77.9. The summed E-state index contributed by atoms with van der Waals surface area (Å²) in [5.41, 5.74) is 5.51. The summed E-state index contributed by atoms with van der Waals surface area (Å²) in [5, 5.41) is 10.2. The summed E-state index contributed by atoms with van der Waals surface area (Å²) in [6.07, 6.45) is -1.36. The third-order valence-corrected chi connectivity index (χ3v) is 8.46. The van der Waals surface area contributed by atoms with Crippen LogP contribution in [0.25, 0.3) is 0 Å². The second-order valence-corrected chi connectivity index (χ2v) is 12.3. The Morgan fingerprint density at radius 3 is 2.21 bits per heavy atom. The van der Waals surface area contributed by atoms with Gasteiger partial charge in [-0.15, -0.1) is 0 Å². The van der Waals surface area contributed by atoms with Crippen LogP contribution in [0.1, 0.15) is 53.7 Å². The molecule has 1 aliphatic rings. The Bertz CT molecular complexity index is 1770. The topological polar surface area (TPSA) is 190 Å². The number of nitrogens with two attached hydrogens (primary N) is 1. The van der Waals surface area contributed by atoms with Gasteiger partial charge in [0.15, 0.2) is 5.78 Å². The quantitative estimate of drug-likeness (QED) is 0.268. The van der Waals surface area contributed by atoms with Gasteiger partial charge >= 0.3 is 6.18 Å². The van der Waals surface area contributed by atoms with E-state index < -0.39 is 71.6 Å². The monoisotopic (exact) mass is 723 g/mol. The van der Waals surface area contributed by atoms with Crippen molar-refractivity contribution in [2.45, 2.75) is 75.7 Å². The lowest BCUT2D eigenvalue weighted by Gasteiger charge is -2.23. The van der Waals surface area contributed by atoms with Crippen LogP contribution in [0.5, 0.6) is 0 Å². The molecule has 12 nitrogen and oxygen atoms in total. The molecule has 3 aromatic rings. The molecule has 0 aliphatic carbocycles. The lowest BCUT2D eigenvalue weighted by molar-refractivity contribution is -0.138. The van der Waals surface area contributed by atoms with Gasteiger partial charge in [-0.3, -0.25) is 28.8 Å². The summed E-state index contributed by atoms with van der Waals surface area (Å²) in [6.45, 7) is 0.155.